The van der Waals surface area contributed by atoms with E-state index in [2.05, 4.69) is 15.2 Å². The van der Waals surface area contributed by atoms with Gasteiger partial charge in [-0.15, -0.1) is 0 Å². The minimum absolute atomic E-state index is 0.123. The maximum Gasteiger partial charge on any atom is 0.226 e. The molecule has 2 heterocycles. The number of amides is 1. The Labute approximate surface area is 178 Å². The van der Waals surface area contributed by atoms with Crippen LogP contribution in [-0.2, 0) is 4.79 Å². The van der Waals surface area contributed by atoms with Crippen molar-refractivity contribution in [2.45, 2.75) is 25.3 Å². The van der Waals surface area contributed by atoms with Gasteiger partial charge in [-0.2, -0.15) is 0 Å². The molecule has 7 heteroatoms. The predicted octanol–water partition coefficient (Wildman–Crippen LogP) is 5.03. The van der Waals surface area contributed by atoms with Crippen molar-refractivity contribution in [3.05, 3.63) is 72.7 Å². The van der Waals surface area contributed by atoms with Crippen LogP contribution in [0.5, 0.6) is 0 Å². The number of aromatic nitrogens is 2. The molecule has 1 fully saturated rings. The predicted molar refractivity (Wildman–Crippen MR) is 117 cm³/mol. The molecule has 0 bridgehead atoms. The lowest BCUT2D eigenvalue weighted by Crippen LogP contribution is -2.31. The van der Waals surface area contributed by atoms with Crippen LogP contribution in [-0.4, -0.2) is 28.5 Å². The molecular formula is C24H21FN4O2. The molecule has 1 N–H and O–H groups in total. The first-order valence-corrected chi connectivity index (χ1v) is 10.3. The minimum Gasteiger partial charge on any atom is -0.461 e. The maximum absolute atomic E-state index is 13.1. The van der Waals surface area contributed by atoms with Gasteiger partial charge < -0.3 is 14.6 Å². The molecule has 2 aromatic heterocycles. The van der Waals surface area contributed by atoms with E-state index in [-0.39, 0.29) is 11.7 Å². The van der Waals surface area contributed by atoms with Gasteiger partial charge in [0.15, 0.2) is 11.6 Å². The number of hydrogen-bond acceptors (Lipinski definition) is 5. The molecule has 2 aromatic carbocycles. The first-order chi connectivity index (χ1) is 15.2. The summed E-state index contributed by atoms with van der Waals surface area (Å²) in [6.45, 7) is 0.524. The van der Waals surface area contributed by atoms with E-state index in [0.29, 0.717) is 36.3 Å². The molecule has 6 nitrogen and oxygen atoms in total. The number of para-hydroxylation sites is 1. The van der Waals surface area contributed by atoms with Crippen molar-refractivity contribution in [3.63, 3.8) is 0 Å². The molecule has 5 rings (SSSR count). The lowest BCUT2D eigenvalue weighted by atomic mass is 10.2. The number of furan rings is 1. The Morgan fingerprint density at radius 1 is 1.06 bits per heavy atom. The van der Waals surface area contributed by atoms with Crippen LogP contribution in [0.4, 0.5) is 15.9 Å². The van der Waals surface area contributed by atoms with Gasteiger partial charge in [-0.25, -0.2) is 14.4 Å². The number of nitrogens with zero attached hydrogens (tertiary/aromatic N) is 3. The Balaban J connectivity index is 1.41. The monoisotopic (exact) mass is 416 g/mol. The number of fused-ring (bicyclic) bond motifs is 1. The first-order valence-electron chi connectivity index (χ1n) is 10.3. The molecule has 0 saturated heterocycles. The Morgan fingerprint density at radius 2 is 1.87 bits per heavy atom. The molecule has 0 spiro atoms. The van der Waals surface area contributed by atoms with Crippen molar-refractivity contribution in [2.24, 2.45) is 0 Å². The van der Waals surface area contributed by atoms with Gasteiger partial charge in [-0.1, -0.05) is 12.1 Å². The summed E-state index contributed by atoms with van der Waals surface area (Å²) < 4.78 is 18.6. The highest BCUT2D eigenvalue weighted by Gasteiger charge is 2.32. The third-order valence-corrected chi connectivity index (χ3v) is 5.29. The number of nitrogens with one attached hydrogen (secondary N) is 1. The number of anilines is 2. The summed E-state index contributed by atoms with van der Waals surface area (Å²) in [7, 11) is 0. The van der Waals surface area contributed by atoms with Crippen molar-refractivity contribution in [3.8, 4) is 11.6 Å². The molecule has 1 aliphatic rings. The second-order valence-corrected chi connectivity index (χ2v) is 7.59. The van der Waals surface area contributed by atoms with Crippen molar-refractivity contribution in [1.29, 1.82) is 0 Å². The van der Waals surface area contributed by atoms with Crippen molar-refractivity contribution in [1.82, 2.24) is 9.97 Å². The molecule has 31 heavy (non-hydrogen) atoms. The van der Waals surface area contributed by atoms with Crippen LogP contribution >= 0.6 is 0 Å². The molecule has 0 aliphatic heterocycles. The number of halogens is 1. The molecular weight excluding hydrogens is 395 g/mol. The third kappa shape index (κ3) is 4.26. The number of carbonyl (C=O) groups is 1. The van der Waals surface area contributed by atoms with E-state index < -0.39 is 0 Å². The lowest BCUT2D eigenvalue weighted by molar-refractivity contribution is -0.116. The standard InChI is InChI=1S/C24H21FN4O2/c25-16-7-9-17(10-8-16)26-22(30)13-14-29(18-11-12-18)24-19-4-1-2-5-20(19)27-23(28-24)21-6-3-15-31-21/h1-10,15,18H,11-14H2,(H,26,30). The van der Waals surface area contributed by atoms with Crippen molar-refractivity contribution >= 4 is 28.3 Å². The van der Waals surface area contributed by atoms with Gasteiger partial charge in [0, 0.05) is 30.1 Å². The Morgan fingerprint density at radius 3 is 2.61 bits per heavy atom. The van der Waals surface area contributed by atoms with Crippen LogP contribution in [0.2, 0.25) is 0 Å². The fourth-order valence-electron chi connectivity index (χ4n) is 3.62. The maximum atomic E-state index is 13.1. The average molecular weight is 416 g/mol. The summed E-state index contributed by atoms with van der Waals surface area (Å²) in [5.41, 5.74) is 1.41. The molecule has 0 radical (unpaired) electrons. The first kappa shape index (κ1) is 19.2. The van der Waals surface area contributed by atoms with Crippen LogP contribution in [0.25, 0.3) is 22.5 Å². The largest absolute Gasteiger partial charge is 0.461 e. The van der Waals surface area contributed by atoms with Gasteiger partial charge in [0.25, 0.3) is 0 Å². The molecule has 1 saturated carbocycles. The SMILES string of the molecule is O=C(CCN(c1nc(-c2ccco2)nc2ccccc12)C1CC1)Nc1ccc(F)cc1. The zero-order chi connectivity index (χ0) is 21.2. The van der Waals surface area contributed by atoms with Crippen LogP contribution < -0.4 is 10.2 Å². The highest BCUT2D eigenvalue weighted by atomic mass is 19.1. The quantitative estimate of drug-likeness (QED) is 0.458. The van der Waals surface area contributed by atoms with Gasteiger partial charge in [0.1, 0.15) is 11.6 Å². The summed E-state index contributed by atoms with van der Waals surface area (Å²) >= 11 is 0. The van der Waals surface area contributed by atoms with E-state index in [9.17, 15) is 9.18 Å². The molecule has 1 amide bonds. The molecule has 156 valence electrons. The Bertz CT molecular complexity index is 1200. The summed E-state index contributed by atoms with van der Waals surface area (Å²) in [6, 6.07) is 17.6. The zero-order valence-electron chi connectivity index (χ0n) is 16.8. The normalized spacial score (nSPS) is 13.3. The Kier molecular flexibility index (Phi) is 5.08. The van der Waals surface area contributed by atoms with Crippen LogP contribution in [0.15, 0.2) is 71.3 Å². The highest BCUT2D eigenvalue weighted by Crippen LogP contribution is 2.35. The summed E-state index contributed by atoms with van der Waals surface area (Å²) in [4.78, 5) is 24.2. The molecule has 0 unspecified atom stereocenters. The van der Waals surface area contributed by atoms with Crippen molar-refractivity contribution < 1.29 is 13.6 Å². The fourth-order valence-corrected chi connectivity index (χ4v) is 3.62. The summed E-state index contributed by atoms with van der Waals surface area (Å²) in [5, 5.41) is 3.77. The van der Waals surface area contributed by atoms with Crippen LogP contribution in [0, 0.1) is 5.82 Å². The second-order valence-electron chi connectivity index (χ2n) is 7.59. The molecule has 0 atom stereocenters. The van der Waals surface area contributed by atoms with E-state index in [1.54, 1.807) is 18.4 Å². The van der Waals surface area contributed by atoms with Gasteiger partial charge in [0.2, 0.25) is 5.91 Å². The lowest BCUT2D eigenvalue weighted by Gasteiger charge is -2.25. The highest BCUT2D eigenvalue weighted by molar-refractivity contribution is 5.93. The molecule has 1 aliphatic carbocycles. The number of carbonyl (C=O) groups excluding carboxylic acids is 1. The number of benzene rings is 2. The van der Waals surface area contributed by atoms with Gasteiger partial charge in [-0.3, -0.25) is 4.79 Å². The second kappa shape index (κ2) is 8.18. The van der Waals surface area contributed by atoms with Gasteiger partial charge in [0.05, 0.1) is 11.8 Å². The summed E-state index contributed by atoms with van der Waals surface area (Å²) in [6.07, 6.45) is 4.02. The number of hydrogen-bond donors (Lipinski definition) is 1. The average Bonchev–Trinajstić information content (AvgIpc) is 3.47. The Hall–Kier alpha value is -3.74. The van der Waals surface area contributed by atoms with Crippen LogP contribution in [0.1, 0.15) is 19.3 Å². The fraction of sp³-hybridized carbons (Fsp3) is 0.208. The van der Waals surface area contributed by atoms with E-state index >= 15 is 0 Å². The smallest absolute Gasteiger partial charge is 0.226 e. The molecule has 4 aromatic rings. The zero-order valence-corrected chi connectivity index (χ0v) is 16.8. The van der Waals surface area contributed by atoms with Gasteiger partial charge in [-0.05, 0) is 61.4 Å². The van der Waals surface area contributed by atoms with Gasteiger partial charge >= 0.3 is 0 Å². The van der Waals surface area contributed by atoms with E-state index in [1.807, 2.05) is 36.4 Å². The van der Waals surface area contributed by atoms with E-state index in [0.717, 1.165) is 29.6 Å². The third-order valence-electron chi connectivity index (χ3n) is 5.29. The van der Waals surface area contributed by atoms with E-state index in [1.165, 1.54) is 12.1 Å². The minimum atomic E-state index is -0.332. The van der Waals surface area contributed by atoms with Crippen LogP contribution in [0.3, 0.4) is 0 Å². The number of rotatable bonds is 7. The topological polar surface area (TPSA) is 71.3 Å². The van der Waals surface area contributed by atoms with E-state index in [4.69, 9.17) is 9.40 Å². The summed E-state index contributed by atoms with van der Waals surface area (Å²) in [5.74, 6) is 1.49. The van der Waals surface area contributed by atoms with Crippen molar-refractivity contribution in [2.75, 3.05) is 16.8 Å².